The predicted octanol–water partition coefficient (Wildman–Crippen LogP) is 17.2. The normalized spacial score (nSPS) is 13.6. The van der Waals surface area contributed by atoms with Gasteiger partial charge in [-0.1, -0.05) is 190 Å². The van der Waals surface area contributed by atoms with Crippen molar-refractivity contribution in [2.24, 2.45) is 0 Å². The minimum absolute atomic E-state index is 0.204. The zero-order valence-corrected chi connectivity index (χ0v) is 36.3. The molecule has 10 aromatic carbocycles. The van der Waals surface area contributed by atoms with Crippen molar-refractivity contribution in [3.05, 3.63) is 253 Å². The lowest BCUT2D eigenvalue weighted by Gasteiger charge is -2.25. The van der Waals surface area contributed by atoms with Crippen molar-refractivity contribution >= 4 is 61.6 Å². The first-order chi connectivity index (χ1) is 32.8. The second kappa shape index (κ2) is 15.6. The molecule has 0 N–H and O–H groups in total. The first-order valence-corrected chi connectivity index (χ1v) is 22.4. The third-order valence-electron chi connectivity index (χ3n) is 13.3. The predicted molar refractivity (Wildman–Crippen MR) is 277 cm³/mol. The highest BCUT2D eigenvalue weighted by Crippen LogP contribution is 2.53. The van der Waals surface area contributed by atoms with Gasteiger partial charge in [0, 0.05) is 39.1 Å². The largest absolute Gasteiger partial charge is 0.310 e. The number of benzene rings is 10. The molecule has 1 aromatic heterocycles. The van der Waals surface area contributed by atoms with Crippen LogP contribution in [-0.2, 0) is 5.41 Å². The van der Waals surface area contributed by atoms with Gasteiger partial charge in [-0.3, -0.25) is 0 Å². The van der Waals surface area contributed by atoms with E-state index in [2.05, 4.69) is 230 Å². The van der Waals surface area contributed by atoms with Gasteiger partial charge in [0.05, 0.1) is 14.0 Å². The molecule has 0 aliphatic heterocycles. The highest BCUT2D eigenvalue weighted by Gasteiger charge is 2.37. The summed E-state index contributed by atoms with van der Waals surface area (Å²) in [6, 6.07) is 81.9. The second-order valence-electron chi connectivity index (χ2n) is 17.6. The van der Waals surface area contributed by atoms with Gasteiger partial charge < -0.3 is 9.47 Å². The molecule has 12 rings (SSSR count). The molecular formula is C63H46N2. The van der Waals surface area contributed by atoms with Gasteiger partial charge in [0.2, 0.25) is 0 Å². The molecule has 0 amide bonds. The van der Waals surface area contributed by atoms with E-state index >= 15 is 0 Å². The molecule has 0 unspecified atom stereocenters. The summed E-state index contributed by atoms with van der Waals surface area (Å²) >= 11 is 0. The van der Waals surface area contributed by atoms with Gasteiger partial charge in [0.25, 0.3) is 0 Å². The van der Waals surface area contributed by atoms with Crippen LogP contribution in [0.5, 0.6) is 0 Å². The monoisotopic (exact) mass is 832 g/mol. The van der Waals surface area contributed by atoms with Crippen LogP contribution in [0.3, 0.4) is 0 Å². The van der Waals surface area contributed by atoms with Crippen molar-refractivity contribution in [3.8, 4) is 39.2 Å². The Morgan fingerprint density at radius 2 is 0.954 bits per heavy atom. The molecule has 0 saturated heterocycles. The summed E-state index contributed by atoms with van der Waals surface area (Å²) in [5.74, 6) is 0. The molecule has 0 bridgehead atoms. The number of hydrogen-bond acceptors (Lipinski definition) is 1. The zero-order chi connectivity index (χ0) is 45.2. The summed E-state index contributed by atoms with van der Waals surface area (Å²) in [5.41, 5.74) is 16.2. The number of anilines is 3. The van der Waals surface area contributed by atoms with E-state index in [0.29, 0.717) is 0 Å². The van der Waals surface area contributed by atoms with Gasteiger partial charge in [-0.2, -0.15) is 0 Å². The lowest BCUT2D eigenvalue weighted by molar-refractivity contribution is 0.661. The Kier molecular flexibility index (Phi) is 8.69. The number of nitrogens with zero attached hydrogens (tertiary/aromatic N) is 2. The van der Waals surface area contributed by atoms with Crippen molar-refractivity contribution in [1.82, 2.24) is 4.57 Å². The van der Waals surface area contributed by atoms with E-state index < -0.39 is 0 Å². The molecule has 308 valence electrons. The van der Waals surface area contributed by atoms with Crippen LogP contribution in [0.2, 0.25) is 0 Å². The molecular weight excluding hydrogens is 785 g/mol. The molecule has 11 aromatic rings. The molecule has 0 atom stereocenters. The molecule has 1 aliphatic rings. The maximum absolute atomic E-state index is 9.48. The maximum atomic E-state index is 9.48. The highest BCUT2D eigenvalue weighted by molar-refractivity contribution is 6.10. The Balaban J connectivity index is 0.934. The first kappa shape index (κ1) is 36.3. The van der Waals surface area contributed by atoms with Crippen molar-refractivity contribution in [2.45, 2.75) is 19.3 Å². The van der Waals surface area contributed by atoms with Crippen LogP contribution in [0.15, 0.2) is 231 Å². The van der Waals surface area contributed by atoms with Gasteiger partial charge in [-0.15, -0.1) is 0 Å². The molecule has 0 radical (unpaired) electrons. The molecule has 2 heteroatoms. The van der Waals surface area contributed by atoms with Gasteiger partial charge in [-0.25, -0.2) is 0 Å². The van der Waals surface area contributed by atoms with Crippen LogP contribution in [0, 0.1) is 0 Å². The smallest absolute Gasteiger partial charge is 0.0629 e. The number of aromatic nitrogens is 1. The Morgan fingerprint density at radius 1 is 0.431 bits per heavy atom. The molecule has 0 saturated carbocycles. The van der Waals surface area contributed by atoms with E-state index in [4.69, 9.17) is 0 Å². The summed E-state index contributed by atoms with van der Waals surface area (Å²) in [7, 11) is 0. The van der Waals surface area contributed by atoms with E-state index in [1.165, 1.54) is 44.5 Å². The SMILES string of the molecule is [2H]/C(=C(/[2H])c1ccc2c(ccc3cc(N(c4ccccc4)c4ccccc4)ccc32)c1)c1ccc2c(c1)C(C)(C)c1cc3c(cc1-2)c(-c1ccccc1)c(-c1ccccc1)n3-c1ccccc1. The fourth-order valence-corrected chi connectivity index (χ4v) is 10.2. The van der Waals surface area contributed by atoms with Crippen molar-refractivity contribution in [3.63, 3.8) is 0 Å². The summed E-state index contributed by atoms with van der Waals surface area (Å²) < 4.78 is 21.3. The third-order valence-corrected chi connectivity index (χ3v) is 13.3. The number of fused-ring (bicyclic) bond motifs is 7. The van der Waals surface area contributed by atoms with Crippen molar-refractivity contribution < 1.29 is 2.74 Å². The average molecular weight is 833 g/mol. The van der Waals surface area contributed by atoms with Gasteiger partial charge >= 0.3 is 0 Å². The molecule has 2 nitrogen and oxygen atoms in total. The number of rotatable bonds is 8. The molecule has 0 spiro atoms. The van der Waals surface area contributed by atoms with E-state index in [-0.39, 0.29) is 17.5 Å². The summed E-state index contributed by atoms with van der Waals surface area (Å²) in [4.78, 5) is 2.28. The molecule has 65 heavy (non-hydrogen) atoms. The Bertz CT molecular complexity index is 3670. The van der Waals surface area contributed by atoms with E-state index in [1.54, 1.807) is 0 Å². The van der Waals surface area contributed by atoms with E-state index in [1.807, 2.05) is 24.3 Å². The van der Waals surface area contributed by atoms with Crippen LogP contribution in [-0.4, -0.2) is 4.57 Å². The fraction of sp³-hybridized carbons (Fsp3) is 0.0476. The lowest BCUT2D eigenvalue weighted by atomic mass is 9.81. The van der Waals surface area contributed by atoms with Crippen LogP contribution >= 0.6 is 0 Å². The summed E-state index contributed by atoms with van der Waals surface area (Å²) in [6.45, 7) is 4.59. The van der Waals surface area contributed by atoms with Gasteiger partial charge in [0.15, 0.2) is 0 Å². The van der Waals surface area contributed by atoms with Crippen LogP contribution in [0.4, 0.5) is 17.1 Å². The quantitative estimate of drug-likeness (QED) is 0.109. The molecule has 1 aliphatic carbocycles. The van der Waals surface area contributed by atoms with Crippen molar-refractivity contribution in [2.75, 3.05) is 4.90 Å². The minimum Gasteiger partial charge on any atom is -0.310 e. The average Bonchev–Trinajstić information content (AvgIpc) is 3.84. The first-order valence-electron chi connectivity index (χ1n) is 23.4. The highest BCUT2D eigenvalue weighted by atomic mass is 15.1. The zero-order valence-electron chi connectivity index (χ0n) is 38.3. The van der Waals surface area contributed by atoms with E-state index in [9.17, 15) is 2.74 Å². The topological polar surface area (TPSA) is 8.17 Å². The minimum atomic E-state index is -0.355. The Morgan fingerprint density at radius 3 is 1.60 bits per heavy atom. The third kappa shape index (κ3) is 6.57. The van der Waals surface area contributed by atoms with E-state index in [0.717, 1.165) is 66.5 Å². The molecule has 1 heterocycles. The van der Waals surface area contributed by atoms with Crippen LogP contribution in [0.25, 0.3) is 83.8 Å². The van der Waals surface area contributed by atoms with Crippen LogP contribution < -0.4 is 4.90 Å². The number of hydrogen-bond donors (Lipinski definition) is 0. The summed E-state index contributed by atoms with van der Waals surface area (Å²) in [5, 5.41) is 5.65. The fourth-order valence-electron chi connectivity index (χ4n) is 10.2. The summed E-state index contributed by atoms with van der Waals surface area (Å²) in [6.07, 6.45) is 0. The van der Waals surface area contributed by atoms with Crippen LogP contribution in [0.1, 0.15) is 38.8 Å². The second-order valence-corrected chi connectivity index (χ2v) is 17.6. The number of para-hydroxylation sites is 3. The lowest BCUT2D eigenvalue weighted by Crippen LogP contribution is -2.15. The van der Waals surface area contributed by atoms with Crippen molar-refractivity contribution in [1.29, 1.82) is 0 Å². The molecule has 0 fully saturated rings. The Labute approximate surface area is 383 Å². The maximum Gasteiger partial charge on any atom is 0.0629 e. The van der Waals surface area contributed by atoms with Gasteiger partial charge in [-0.05, 0) is 133 Å². The van der Waals surface area contributed by atoms with Gasteiger partial charge in [0.1, 0.15) is 0 Å². The standard InChI is InChI=1S/C63H46N2/c1-63(2)58-39-44(29-28-43-30-35-53-47(38-43)32-33-48-40-52(34-37-54(48)53)64(49-22-12-5-13-23-49)50-24-14-6-15-25-50)31-36-55(58)56-41-57-60(42-59(56)63)65(51-26-16-7-17-27-51)62(46-20-10-4-11-21-46)61(57)45-18-8-3-9-19-45/h3-42H,1-2H3/b29-28+/i28D,29D. The Hall–Kier alpha value is -8.20.